The molecule has 0 saturated carbocycles. The Balaban J connectivity index is 2.50. The van der Waals surface area contributed by atoms with Gasteiger partial charge in [0.05, 0.1) is 6.61 Å². The lowest BCUT2D eigenvalue weighted by Crippen LogP contribution is -2.05. The molecule has 4 heteroatoms. The van der Waals surface area contributed by atoms with Crippen molar-refractivity contribution in [2.24, 2.45) is 0 Å². The number of rotatable bonds is 6. The average Bonchev–Trinajstić information content (AvgIpc) is 2.19. The second-order valence-electron chi connectivity index (χ2n) is 2.66. The monoisotopic (exact) mass is 193 g/mol. The summed E-state index contributed by atoms with van der Waals surface area (Å²) in [6.45, 7) is 6.96. The molecule has 14 heavy (non-hydrogen) atoms. The topological polar surface area (TPSA) is 47.0 Å². The lowest BCUT2D eigenvalue weighted by atomic mass is 10.4. The largest absolute Gasteiger partial charge is 0.478 e. The van der Waals surface area contributed by atoms with Crippen LogP contribution in [0.1, 0.15) is 13.3 Å². The van der Waals surface area contributed by atoms with E-state index in [0.29, 0.717) is 18.4 Å². The standard InChI is InChI=1S/C10H15N3O/c1-3-5-7-11-10-12-8-6-9(13-10)14-4-2/h3,6,8H,1,4-5,7H2,2H3,(H,11,12,13). The average molecular weight is 193 g/mol. The first-order valence-corrected chi connectivity index (χ1v) is 4.67. The highest BCUT2D eigenvalue weighted by Gasteiger charge is 1.97. The summed E-state index contributed by atoms with van der Waals surface area (Å²) in [5.41, 5.74) is 0. The molecule has 0 bridgehead atoms. The van der Waals surface area contributed by atoms with E-state index in [4.69, 9.17) is 4.74 Å². The van der Waals surface area contributed by atoms with Crippen molar-refractivity contribution in [3.63, 3.8) is 0 Å². The zero-order valence-electron chi connectivity index (χ0n) is 8.36. The molecule has 0 spiro atoms. The minimum atomic E-state index is 0.595. The molecule has 0 saturated heterocycles. The molecule has 76 valence electrons. The number of hydrogen-bond donors (Lipinski definition) is 1. The van der Waals surface area contributed by atoms with Gasteiger partial charge in [-0.15, -0.1) is 6.58 Å². The Hall–Kier alpha value is -1.58. The van der Waals surface area contributed by atoms with Crippen LogP contribution in [0, 0.1) is 0 Å². The van der Waals surface area contributed by atoms with Gasteiger partial charge in [-0.05, 0) is 13.3 Å². The smallest absolute Gasteiger partial charge is 0.225 e. The first kappa shape index (κ1) is 10.5. The molecular formula is C10H15N3O. The summed E-state index contributed by atoms with van der Waals surface area (Å²) in [5.74, 6) is 1.20. The van der Waals surface area contributed by atoms with Gasteiger partial charge in [0.15, 0.2) is 0 Å². The van der Waals surface area contributed by atoms with Crippen LogP contribution in [0.2, 0.25) is 0 Å². The van der Waals surface area contributed by atoms with Crippen molar-refractivity contribution >= 4 is 5.95 Å². The van der Waals surface area contributed by atoms with Crippen molar-refractivity contribution < 1.29 is 4.74 Å². The molecule has 0 radical (unpaired) electrons. The normalized spacial score (nSPS) is 9.50. The minimum absolute atomic E-state index is 0.595. The fourth-order valence-electron chi connectivity index (χ4n) is 0.942. The number of nitrogens with zero attached hydrogens (tertiary/aromatic N) is 2. The maximum Gasteiger partial charge on any atom is 0.225 e. The van der Waals surface area contributed by atoms with Crippen molar-refractivity contribution in [1.29, 1.82) is 0 Å². The lowest BCUT2D eigenvalue weighted by molar-refractivity contribution is 0.326. The van der Waals surface area contributed by atoms with Crippen molar-refractivity contribution in [3.8, 4) is 5.88 Å². The van der Waals surface area contributed by atoms with Gasteiger partial charge in [0, 0.05) is 18.8 Å². The van der Waals surface area contributed by atoms with E-state index in [9.17, 15) is 0 Å². The molecule has 0 aromatic carbocycles. The maximum absolute atomic E-state index is 5.24. The molecule has 0 atom stereocenters. The van der Waals surface area contributed by atoms with E-state index in [1.54, 1.807) is 12.3 Å². The fourth-order valence-corrected chi connectivity index (χ4v) is 0.942. The highest BCUT2D eigenvalue weighted by molar-refractivity contribution is 5.27. The van der Waals surface area contributed by atoms with Crippen molar-refractivity contribution in [2.75, 3.05) is 18.5 Å². The zero-order valence-corrected chi connectivity index (χ0v) is 8.36. The summed E-state index contributed by atoms with van der Waals surface area (Å²) in [6.07, 6.45) is 4.41. The third-order valence-corrected chi connectivity index (χ3v) is 1.55. The predicted molar refractivity (Wildman–Crippen MR) is 56.5 cm³/mol. The van der Waals surface area contributed by atoms with Crippen LogP contribution in [0.5, 0.6) is 5.88 Å². The van der Waals surface area contributed by atoms with Crippen LogP contribution in [0.15, 0.2) is 24.9 Å². The second kappa shape index (κ2) is 5.96. The SMILES string of the molecule is C=CCCNc1nccc(OCC)n1. The molecular weight excluding hydrogens is 178 g/mol. The summed E-state index contributed by atoms with van der Waals surface area (Å²) in [7, 11) is 0. The predicted octanol–water partition coefficient (Wildman–Crippen LogP) is 1.86. The third kappa shape index (κ3) is 3.43. The van der Waals surface area contributed by atoms with Gasteiger partial charge in [0.2, 0.25) is 11.8 Å². The van der Waals surface area contributed by atoms with Crippen LogP contribution in [0.4, 0.5) is 5.95 Å². The summed E-state index contributed by atoms with van der Waals surface area (Å²) in [6, 6.07) is 1.74. The van der Waals surface area contributed by atoms with Crippen LogP contribution in [-0.4, -0.2) is 23.1 Å². The number of ether oxygens (including phenoxy) is 1. The van der Waals surface area contributed by atoms with E-state index in [0.717, 1.165) is 13.0 Å². The molecule has 0 amide bonds. The molecule has 0 aliphatic heterocycles. The number of nitrogens with one attached hydrogen (secondary N) is 1. The molecule has 0 fully saturated rings. The van der Waals surface area contributed by atoms with Crippen molar-refractivity contribution in [3.05, 3.63) is 24.9 Å². The van der Waals surface area contributed by atoms with Gasteiger partial charge in [0.1, 0.15) is 0 Å². The molecule has 4 nitrogen and oxygen atoms in total. The molecule has 0 aliphatic rings. The Bertz CT molecular complexity index is 288. The zero-order chi connectivity index (χ0) is 10.2. The first-order chi connectivity index (χ1) is 6.86. The quantitative estimate of drug-likeness (QED) is 0.553. The van der Waals surface area contributed by atoms with Crippen LogP contribution in [0.3, 0.4) is 0 Å². The second-order valence-corrected chi connectivity index (χ2v) is 2.66. The van der Waals surface area contributed by atoms with Gasteiger partial charge in [-0.2, -0.15) is 4.98 Å². The summed E-state index contributed by atoms with van der Waals surface area (Å²) in [5, 5.41) is 3.07. The highest BCUT2D eigenvalue weighted by atomic mass is 16.5. The van der Waals surface area contributed by atoms with E-state index in [2.05, 4.69) is 21.9 Å². The van der Waals surface area contributed by atoms with Gasteiger partial charge in [0.25, 0.3) is 0 Å². The van der Waals surface area contributed by atoms with E-state index in [1.807, 2.05) is 13.0 Å². The van der Waals surface area contributed by atoms with Crippen LogP contribution < -0.4 is 10.1 Å². The third-order valence-electron chi connectivity index (χ3n) is 1.55. The van der Waals surface area contributed by atoms with Gasteiger partial charge in [-0.3, -0.25) is 0 Å². The summed E-state index contributed by atoms with van der Waals surface area (Å²) in [4.78, 5) is 8.21. The van der Waals surface area contributed by atoms with Crippen LogP contribution in [0.25, 0.3) is 0 Å². The summed E-state index contributed by atoms with van der Waals surface area (Å²) >= 11 is 0. The molecule has 1 aromatic rings. The van der Waals surface area contributed by atoms with Gasteiger partial charge < -0.3 is 10.1 Å². The number of aromatic nitrogens is 2. The lowest BCUT2D eigenvalue weighted by Gasteiger charge is -2.05. The maximum atomic E-state index is 5.24. The molecule has 1 heterocycles. The van der Waals surface area contributed by atoms with Crippen LogP contribution in [-0.2, 0) is 0 Å². The van der Waals surface area contributed by atoms with E-state index in [-0.39, 0.29) is 0 Å². The number of anilines is 1. The number of hydrogen-bond acceptors (Lipinski definition) is 4. The van der Waals surface area contributed by atoms with Gasteiger partial charge in [-0.1, -0.05) is 6.08 Å². The van der Waals surface area contributed by atoms with Crippen LogP contribution >= 0.6 is 0 Å². The fraction of sp³-hybridized carbons (Fsp3) is 0.400. The molecule has 1 aromatic heterocycles. The van der Waals surface area contributed by atoms with E-state index >= 15 is 0 Å². The Morgan fingerprint density at radius 1 is 1.64 bits per heavy atom. The molecule has 1 rings (SSSR count). The van der Waals surface area contributed by atoms with Crippen molar-refractivity contribution in [1.82, 2.24) is 9.97 Å². The first-order valence-electron chi connectivity index (χ1n) is 4.67. The minimum Gasteiger partial charge on any atom is -0.478 e. The Labute approximate surface area is 84.0 Å². The van der Waals surface area contributed by atoms with E-state index < -0.39 is 0 Å². The molecule has 0 aliphatic carbocycles. The summed E-state index contributed by atoms with van der Waals surface area (Å²) < 4.78 is 5.24. The Morgan fingerprint density at radius 3 is 3.21 bits per heavy atom. The molecule has 0 unspecified atom stereocenters. The van der Waals surface area contributed by atoms with Gasteiger partial charge in [-0.25, -0.2) is 4.98 Å². The Kier molecular flexibility index (Phi) is 4.47. The van der Waals surface area contributed by atoms with E-state index in [1.165, 1.54) is 0 Å². The highest BCUT2D eigenvalue weighted by Crippen LogP contribution is 2.07. The Morgan fingerprint density at radius 2 is 2.50 bits per heavy atom. The molecule has 1 N–H and O–H groups in total. The van der Waals surface area contributed by atoms with Crippen molar-refractivity contribution in [2.45, 2.75) is 13.3 Å². The van der Waals surface area contributed by atoms with Gasteiger partial charge >= 0.3 is 0 Å².